The minimum Gasteiger partial charge on any atom is -0.480 e. The highest BCUT2D eigenvalue weighted by Gasteiger charge is 2.37. The smallest absolute Gasteiger partial charge is 0.325 e. The molecule has 0 fully saturated rings. The highest BCUT2D eigenvalue weighted by Crippen LogP contribution is 2.29. The summed E-state index contributed by atoms with van der Waals surface area (Å²) in [4.78, 5) is 64.6. The number of hydrazine groups is 1. The number of carbonyl (C=O) groups excluding carboxylic acids is 4. The number of carbonyl (C=O) groups is 5. The molecule has 18 heteroatoms. The number of amides is 4. The molecule has 3 aromatic carbocycles. The lowest BCUT2D eigenvalue weighted by Gasteiger charge is -2.32. The first-order valence-electron chi connectivity index (χ1n) is 14.0. The number of halogens is 6. The van der Waals surface area contributed by atoms with Crippen LogP contribution in [0.25, 0.3) is 0 Å². The number of rotatable bonds is 11. The van der Waals surface area contributed by atoms with Crippen molar-refractivity contribution in [1.82, 2.24) is 21.1 Å². The second kappa shape index (κ2) is 15.6. The van der Waals surface area contributed by atoms with E-state index in [2.05, 4.69) is 15.4 Å². The van der Waals surface area contributed by atoms with Gasteiger partial charge < -0.3 is 26.2 Å². The van der Waals surface area contributed by atoms with Gasteiger partial charge in [0.1, 0.15) is 18.6 Å². The third kappa shape index (κ3) is 9.34. The second-order valence-electron chi connectivity index (χ2n) is 11.4. The molecule has 0 saturated carbocycles. The Morgan fingerprint density at radius 1 is 0.878 bits per heavy atom. The van der Waals surface area contributed by atoms with Crippen molar-refractivity contribution in [2.75, 3.05) is 18.9 Å². The van der Waals surface area contributed by atoms with Crippen molar-refractivity contribution < 1.29 is 55.8 Å². The molecule has 262 valence electrons. The molecule has 0 aliphatic rings. The van der Waals surface area contributed by atoms with Crippen LogP contribution in [0.5, 0.6) is 5.75 Å². The Hall–Kier alpha value is -5.45. The van der Waals surface area contributed by atoms with E-state index >= 15 is 0 Å². The van der Waals surface area contributed by atoms with Crippen molar-refractivity contribution in [2.45, 2.75) is 32.9 Å². The van der Waals surface area contributed by atoms with Gasteiger partial charge in [-0.3, -0.25) is 29.4 Å². The van der Waals surface area contributed by atoms with E-state index in [4.69, 9.17) is 17.3 Å². The highest BCUT2D eigenvalue weighted by atomic mass is 35.5. The molecule has 3 aromatic rings. The van der Waals surface area contributed by atoms with Crippen molar-refractivity contribution >= 4 is 46.9 Å². The topological polar surface area (TPSA) is 180 Å². The Morgan fingerprint density at radius 2 is 1.45 bits per heavy atom. The van der Waals surface area contributed by atoms with Crippen LogP contribution in [0.2, 0.25) is 5.02 Å². The summed E-state index contributed by atoms with van der Waals surface area (Å²) in [6.07, 6.45) is 0. The number of carboxylic acid groups (broad SMARTS) is 1. The van der Waals surface area contributed by atoms with Gasteiger partial charge in [0.2, 0.25) is 35.0 Å². The monoisotopic (exact) mass is 713 g/mol. The third-order valence-corrected chi connectivity index (χ3v) is 7.02. The first kappa shape index (κ1) is 38.0. The predicted octanol–water partition coefficient (Wildman–Crippen LogP) is 3.64. The van der Waals surface area contributed by atoms with Crippen LogP contribution in [0.3, 0.4) is 0 Å². The molecule has 4 amide bonds. The molecule has 0 radical (unpaired) electrons. The Bertz CT molecular complexity index is 1750. The number of nitrogen functional groups attached to an aromatic ring is 1. The zero-order valence-corrected chi connectivity index (χ0v) is 26.6. The van der Waals surface area contributed by atoms with Crippen LogP contribution in [-0.4, -0.2) is 58.9 Å². The SMILES string of the molecule is CC(C)(C)[C@H](NC(=O)c1ccc(N)c(Cl)c1)C(=O)NC(C(=O)NN(CC(=O)O)C(=O)COc1c(F)c(F)c(F)c(F)c1F)c1ccccc1. The lowest BCUT2D eigenvalue weighted by Crippen LogP contribution is -2.57. The average molecular weight is 714 g/mol. The first-order valence-corrected chi connectivity index (χ1v) is 14.4. The van der Waals surface area contributed by atoms with E-state index in [-0.39, 0.29) is 26.8 Å². The van der Waals surface area contributed by atoms with Gasteiger partial charge in [-0.05, 0) is 29.2 Å². The Labute approximate surface area is 280 Å². The number of aliphatic carboxylic acids is 1. The molecule has 0 aliphatic heterocycles. The predicted molar refractivity (Wildman–Crippen MR) is 163 cm³/mol. The molecule has 0 spiro atoms. The molecule has 0 aromatic heterocycles. The maximum atomic E-state index is 14.0. The van der Waals surface area contributed by atoms with Gasteiger partial charge in [-0.1, -0.05) is 62.7 Å². The molecule has 12 nitrogen and oxygen atoms in total. The van der Waals surface area contributed by atoms with Crippen molar-refractivity contribution in [1.29, 1.82) is 0 Å². The summed E-state index contributed by atoms with van der Waals surface area (Å²) in [5.41, 5.74) is 7.09. The summed E-state index contributed by atoms with van der Waals surface area (Å²) in [5.74, 6) is -19.8. The number of carboxylic acids is 1. The number of hydrogen-bond acceptors (Lipinski definition) is 7. The van der Waals surface area contributed by atoms with Gasteiger partial charge in [-0.25, -0.2) is 18.2 Å². The van der Waals surface area contributed by atoms with Crippen LogP contribution in [-0.2, 0) is 19.2 Å². The molecule has 3 rings (SSSR count). The van der Waals surface area contributed by atoms with Crippen LogP contribution >= 0.6 is 11.6 Å². The first-order chi connectivity index (χ1) is 22.8. The Morgan fingerprint density at radius 3 is 1.98 bits per heavy atom. The van der Waals surface area contributed by atoms with E-state index in [1.807, 2.05) is 5.43 Å². The third-order valence-electron chi connectivity index (χ3n) is 6.70. The lowest BCUT2D eigenvalue weighted by molar-refractivity contribution is -0.151. The fourth-order valence-electron chi connectivity index (χ4n) is 4.18. The maximum Gasteiger partial charge on any atom is 0.325 e. The van der Waals surface area contributed by atoms with Crippen LogP contribution in [0.15, 0.2) is 48.5 Å². The average Bonchev–Trinajstić information content (AvgIpc) is 3.04. The number of anilines is 1. The van der Waals surface area contributed by atoms with Crippen LogP contribution < -0.4 is 26.5 Å². The van der Waals surface area contributed by atoms with Gasteiger partial charge >= 0.3 is 5.97 Å². The lowest BCUT2D eigenvalue weighted by atomic mass is 9.85. The molecule has 6 N–H and O–H groups in total. The van der Waals surface area contributed by atoms with Crippen LogP contribution in [0, 0.1) is 34.5 Å². The number of nitrogens with zero attached hydrogens (tertiary/aromatic N) is 1. The van der Waals surface area contributed by atoms with Crippen molar-refractivity contribution in [3.05, 3.63) is 93.8 Å². The minimum atomic E-state index is -2.48. The molecule has 49 heavy (non-hydrogen) atoms. The molecule has 0 aliphatic carbocycles. The molecule has 0 saturated heterocycles. The van der Waals surface area contributed by atoms with Crippen LogP contribution in [0.1, 0.15) is 42.7 Å². The Kier molecular flexibility index (Phi) is 12.1. The molecular weight excluding hydrogens is 685 g/mol. The quantitative estimate of drug-likeness (QED) is 0.0657. The molecule has 2 atom stereocenters. The molecule has 0 heterocycles. The summed E-state index contributed by atoms with van der Waals surface area (Å²) in [5, 5.41) is 14.6. The molecular formula is C31H29ClF5N5O7. The van der Waals surface area contributed by atoms with Gasteiger partial charge in [0.05, 0.1) is 10.7 Å². The van der Waals surface area contributed by atoms with Crippen molar-refractivity contribution in [2.24, 2.45) is 5.41 Å². The van der Waals surface area contributed by atoms with Gasteiger partial charge in [-0.15, -0.1) is 0 Å². The van der Waals surface area contributed by atoms with Gasteiger partial charge in [0, 0.05) is 5.56 Å². The number of hydrogen-bond donors (Lipinski definition) is 5. The highest BCUT2D eigenvalue weighted by molar-refractivity contribution is 6.33. The van der Waals surface area contributed by atoms with Gasteiger partial charge in [0.15, 0.2) is 12.4 Å². The summed E-state index contributed by atoms with van der Waals surface area (Å²) in [6, 6.07) is 8.46. The number of ether oxygens (including phenoxy) is 1. The molecule has 1 unspecified atom stereocenters. The van der Waals surface area contributed by atoms with Crippen molar-refractivity contribution in [3.63, 3.8) is 0 Å². The van der Waals surface area contributed by atoms with Crippen LogP contribution in [0.4, 0.5) is 27.6 Å². The van der Waals surface area contributed by atoms with E-state index in [0.717, 1.165) is 0 Å². The van der Waals surface area contributed by atoms with E-state index in [1.165, 1.54) is 42.5 Å². The van der Waals surface area contributed by atoms with Gasteiger partial charge in [0.25, 0.3) is 17.7 Å². The van der Waals surface area contributed by atoms with E-state index in [9.17, 15) is 51.0 Å². The minimum absolute atomic E-state index is 0.0644. The summed E-state index contributed by atoms with van der Waals surface area (Å²) >= 11 is 6.02. The zero-order chi connectivity index (χ0) is 36.8. The van der Waals surface area contributed by atoms with E-state index < -0.39 is 95.1 Å². The summed E-state index contributed by atoms with van der Waals surface area (Å²) in [6.45, 7) is 2.07. The second-order valence-corrected chi connectivity index (χ2v) is 11.8. The summed E-state index contributed by atoms with van der Waals surface area (Å²) < 4.78 is 73.1. The number of nitrogens with one attached hydrogen (secondary N) is 3. The fraction of sp³-hybridized carbons (Fsp3) is 0.258. The van der Waals surface area contributed by atoms with Crippen molar-refractivity contribution in [3.8, 4) is 5.75 Å². The fourth-order valence-corrected chi connectivity index (χ4v) is 4.36. The zero-order valence-electron chi connectivity index (χ0n) is 25.9. The van der Waals surface area contributed by atoms with Gasteiger partial charge in [-0.2, -0.15) is 8.78 Å². The normalized spacial score (nSPS) is 12.3. The van der Waals surface area contributed by atoms with E-state index in [1.54, 1.807) is 26.8 Å². The number of benzene rings is 3. The van der Waals surface area contributed by atoms with E-state index in [0.29, 0.717) is 0 Å². The largest absolute Gasteiger partial charge is 0.480 e. The maximum absolute atomic E-state index is 14.0. The Balaban J connectivity index is 1.87. The number of nitrogens with two attached hydrogens (primary N) is 1. The standard InChI is InChI=1S/C31H29ClF5N5O7/c1-31(2,3)27(40-28(46)15-9-10-17(38)16(32)11-15)30(48)39-25(14-7-5-4-6-8-14)29(47)41-42(12-19(44)45)18(43)13-49-26-23(36)21(34)20(33)22(35)24(26)37/h4-11,25,27H,12-13,38H2,1-3H3,(H,39,48)(H,40,46)(H,41,47)(H,44,45)/t25?,27-/m1/s1. The molecule has 0 bridgehead atoms. The summed E-state index contributed by atoms with van der Waals surface area (Å²) in [7, 11) is 0.